The van der Waals surface area contributed by atoms with E-state index in [1.54, 1.807) is 0 Å². The van der Waals surface area contributed by atoms with Gasteiger partial charge >= 0.3 is 7.12 Å². The minimum atomic E-state index is -0.702. The molecule has 5 rings (SSSR count). The lowest BCUT2D eigenvalue weighted by molar-refractivity contribution is -0.149. The average molecular weight is 498 g/mol. The quantitative estimate of drug-likeness (QED) is 0.339. The predicted molar refractivity (Wildman–Crippen MR) is 148 cm³/mol. The minimum Gasteiger partial charge on any atom is -0.399 e. The van der Waals surface area contributed by atoms with Crippen molar-refractivity contribution in [2.75, 3.05) is 13.2 Å². The first-order chi connectivity index (χ1) is 16.1. The summed E-state index contributed by atoms with van der Waals surface area (Å²) in [7, 11) is 1.85. The van der Waals surface area contributed by atoms with Gasteiger partial charge in [0.2, 0.25) is 0 Å². The lowest BCUT2D eigenvalue weighted by atomic mass is 9.85. The number of benzene rings is 1. The second-order valence-electron chi connectivity index (χ2n) is 10.9. The van der Waals surface area contributed by atoms with Crippen molar-refractivity contribution in [3.05, 3.63) is 23.3 Å². The lowest BCUT2D eigenvalue weighted by Gasteiger charge is -2.32. The third kappa shape index (κ3) is 4.08. The van der Waals surface area contributed by atoms with Gasteiger partial charge in [0.1, 0.15) is 0 Å². The molecule has 0 spiro atoms. The molecular weight excluding hydrogens is 462 g/mol. The van der Waals surface area contributed by atoms with E-state index in [1.165, 1.54) is 61.8 Å². The molecule has 0 N–H and O–H groups in total. The summed E-state index contributed by atoms with van der Waals surface area (Å²) < 4.78 is 30.5. The summed E-state index contributed by atoms with van der Waals surface area (Å²) in [6.45, 7) is 14.1. The highest BCUT2D eigenvalue weighted by Gasteiger charge is 2.52. The van der Waals surface area contributed by atoms with Crippen molar-refractivity contribution >= 4 is 67.4 Å². The summed E-state index contributed by atoms with van der Waals surface area (Å²) in [5, 5.41) is 2.60. The van der Waals surface area contributed by atoms with Crippen LogP contribution in [-0.2, 0) is 31.0 Å². The van der Waals surface area contributed by atoms with E-state index in [-0.39, 0.29) is 18.3 Å². The summed E-state index contributed by atoms with van der Waals surface area (Å²) in [5.41, 5.74) is 1.90. The van der Waals surface area contributed by atoms with Gasteiger partial charge in [0.15, 0.2) is 13.6 Å². The van der Waals surface area contributed by atoms with E-state index in [2.05, 4.69) is 61.5 Å². The van der Waals surface area contributed by atoms with E-state index in [0.29, 0.717) is 13.2 Å². The molecule has 0 unspecified atom stereocenters. The summed E-state index contributed by atoms with van der Waals surface area (Å²) in [5.74, 6) is -0.702. The number of ether oxygens (including phenoxy) is 2. The molecule has 34 heavy (non-hydrogen) atoms. The first-order valence-corrected chi connectivity index (χ1v) is 14.3. The summed E-state index contributed by atoms with van der Waals surface area (Å²) >= 11 is 3.69. The van der Waals surface area contributed by atoms with Gasteiger partial charge in [-0.25, -0.2) is 0 Å². The minimum absolute atomic E-state index is 0.343. The Hall–Kier alpha value is -0.890. The van der Waals surface area contributed by atoms with Gasteiger partial charge in [0, 0.05) is 15.7 Å². The van der Waals surface area contributed by atoms with Crippen molar-refractivity contribution in [1.29, 1.82) is 0 Å². The molecule has 0 aliphatic carbocycles. The Bertz CT molecular complexity index is 1190. The Morgan fingerprint density at radius 1 is 0.882 bits per heavy atom. The second kappa shape index (κ2) is 8.89. The van der Waals surface area contributed by atoms with E-state index >= 15 is 0 Å². The summed E-state index contributed by atoms with van der Waals surface area (Å²) in [6, 6.07) is 4.66. The van der Waals surface area contributed by atoms with Gasteiger partial charge < -0.3 is 18.8 Å². The third-order valence-electron chi connectivity index (χ3n) is 7.77. The van der Waals surface area contributed by atoms with Gasteiger partial charge in [-0.15, -0.1) is 22.7 Å². The van der Waals surface area contributed by atoms with Crippen LogP contribution < -0.4 is 9.55 Å². The van der Waals surface area contributed by atoms with Gasteiger partial charge in [-0.1, -0.05) is 26.2 Å². The zero-order chi connectivity index (χ0) is 24.3. The first-order valence-electron chi connectivity index (χ1n) is 12.7. The van der Waals surface area contributed by atoms with Crippen LogP contribution in [0.25, 0.3) is 20.2 Å². The van der Waals surface area contributed by atoms with Gasteiger partial charge in [0.25, 0.3) is 0 Å². The largest absolute Gasteiger partial charge is 0.505 e. The molecule has 3 aromatic rings. The van der Waals surface area contributed by atoms with E-state index < -0.39 is 5.79 Å². The van der Waals surface area contributed by atoms with E-state index in [9.17, 15) is 0 Å². The van der Waals surface area contributed by atoms with Crippen molar-refractivity contribution in [2.45, 2.75) is 90.6 Å². The number of aryl methyl sites for hydroxylation is 1. The molecule has 0 amide bonds. The van der Waals surface area contributed by atoms with Crippen molar-refractivity contribution in [2.24, 2.45) is 0 Å². The average Bonchev–Trinajstić information content (AvgIpc) is 3.50. The van der Waals surface area contributed by atoms with Crippen molar-refractivity contribution in [3.63, 3.8) is 0 Å². The fraction of sp³-hybridized carbons (Fsp3) is 0.615. The molecule has 1 aromatic carbocycles. The van der Waals surface area contributed by atoms with E-state index in [1.807, 2.05) is 22.7 Å². The van der Waals surface area contributed by atoms with Crippen molar-refractivity contribution in [1.82, 2.24) is 0 Å². The van der Waals surface area contributed by atoms with Crippen molar-refractivity contribution < 1.29 is 18.8 Å². The summed E-state index contributed by atoms with van der Waals surface area (Å²) in [6.07, 6.45) is 5.94. The first kappa shape index (κ1) is 24.8. The van der Waals surface area contributed by atoms with Crippen LogP contribution in [0.3, 0.4) is 0 Å². The van der Waals surface area contributed by atoms with Gasteiger partial charge in [0.05, 0.1) is 33.8 Å². The van der Waals surface area contributed by atoms with Crippen molar-refractivity contribution in [3.8, 4) is 0 Å². The molecule has 0 atom stereocenters. The molecule has 182 valence electrons. The zero-order valence-corrected chi connectivity index (χ0v) is 23.3. The predicted octanol–water partition coefficient (Wildman–Crippen LogP) is 5.02. The summed E-state index contributed by atoms with van der Waals surface area (Å²) in [4.78, 5) is 0. The smallest absolute Gasteiger partial charge is 0.399 e. The molecule has 2 aromatic heterocycles. The highest BCUT2D eigenvalue weighted by Crippen LogP contribution is 2.46. The molecule has 8 heteroatoms. The topological polar surface area (TPSA) is 36.9 Å². The number of hydrogen-bond donors (Lipinski definition) is 0. The molecular formula is C26H36B2O4S2. The van der Waals surface area contributed by atoms with Crippen LogP contribution in [0, 0.1) is 0 Å². The molecule has 2 fully saturated rings. The Kier molecular flexibility index (Phi) is 6.48. The third-order valence-corrected chi connectivity index (χ3v) is 10.1. The maximum Gasteiger partial charge on any atom is 0.505 e. The van der Waals surface area contributed by atoms with Gasteiger partial charge in [-0.3, -0.25) is 0 Å². The van der Waals surface area contributed by atoms with Gasteiger partial charge in [-0.2, -0.15) is 0 Å². The normalized spacial score (nSPS) is 21.3. The van der Waals surface area contributed by atoms with Crippen LogP contribution >= 0.6 is 22.7 Å². The molecule has 2 aliphatic heterocycles. The molecule has 4 heterocycles. The number of unbranched alkanes of at least 4 members (excludes halogenated alkanes) is 3. The fourth-order valence-electron chi connectivity index (χ4n) is 5.21. The second-order valence-corrected chi connectivity index (χ2v) is 13.2. The molecule has 0 saturated carbocycles. The van der Waals surface area contributed by atoms with Crippen LogP contribution in [0.1, 0.15) is 78.4 Å². The van der Waals surface area contributed by atoms with Crippen LogP contribution in [0.2, 0.25) is 0 Å². The number of thiophene rings is 2. The highest BCUT2D eigenvalue weighted by atomic mass is 32.1. The van der Waals surface area contributed by atoms with E-state index in [0.717, 1.165) is 11.2 Å². The Labute approximate surface area is 212 Å². The standard InChI is InChI=1S/C26H36B2O4S2/c1-7-8-9-10-11-16-17-15-20(28-31-24(2,3)25(4,5)32-28)34-22(17)23-18(14-19(27)33-23)21(16)26(6)29-12-13-30-26/h14-15H,7-13,27H2,1-6H3. The monoisotopic (exact) mass is 498 g/mol. The molecule has 2 aliphatic rings. The van der Waals surface area contributed by atoms with Crippen LogP contribution in [-0.4, -0.2) is 39.4 Å². The Balaban J connectivity index is 1.70. The zero-order valence-electron chi connectivity index (χ0n) is 21.6. The maximum atomic E-state index is 6.44. The maximum absolute atomic E-state index is 6.44. The molecule has 4 nitrogen and oxygen atoms in total. The van der Waals surface area contributed by atoms with Crippen LogP contribution in [0.5, 0.6) is 0 Å². The van der Waals surface area contributed by atoms with Crippen LogP contribution in [0.15, 0.2) is 12.1 Å². The number of rotatable bonds is 7. The SMILES string of the molecule is Bc1cc2c(C3(C)OCCO3)c(CCCCCC)c3cc(B4OC(C)(C)C(C)(C)O4)sc3c2s1. The lowest BCUT2D eigenvalue weighted by Crippen LogP contribution is -2.41. The fourth-order valence-corrected chi connectivity index (χ4v) is 7.53. The molecule has 0 bridgehead atoms. The molecule has 0 radical (unpaired) electrons. The number of fused-ring (bicyclic) bond motifs is 3. The Morgan fingerprint density at radius 2 is 1.53 bits per heavy atom. The highest BCUT2D eigenvalue weighted by molar-refractivity contribution is 7.34. The van der Waals surface area contributed by atoms with Gasteiger partial charge in [-0.05, 0) is 75.3 Å². The molecule has 2 saturated heterocycles. The van der Waals surface area contributed by atoms with Crippen LogP contribution in [0.4, 0.5) is 0 Å². The van der Waals surface area contributed by atoms with E-state index in [4.69, 9.17) is 18.8 Å². The number of hydrogen-bond acceptors (Lipinski definition) is 6. The Morgan fingerprint density at radius 3 is 2.18 bits per heavy atom.